The molecule has 0 aromatic heterocycles. The molecule has 2 unspecified atom stereocenters. The van der Waals surface area contributed by atoms with Crippen molar-refractivity contribution in [2.24, 2.45) is 11.7 Å². The summed E-state index contributed by atoms with van der Waals surface area (Å²) < 4.78 is 18.7. The molecular weight excluding hydrogens is 271 g/mol. The first-order chi connectivity index (χ1) is 10.1. The number of nitrogens with two attached hydrogens (primary N) is 1. The van der Waals surface area contributed by atoms with Crippen LogP contribution in [0.3, 0.4) is 0 Å². The van der Waals surface area contributed by atoms with Crippen molar-refractivity contribution >= 4 is 5.97 Å². The number of nitrogens with zero attached hydrogens (tertiary/aromatic N) is 1. The fourth-order valence-electron chi connectivity index (χ4n) is 2.95. The number of halogens is 1. The van der Waals surface area contributed by atoms with Gasteiger partial charge in [0.15, 0.2) is 0 Å². The van der Waals surface area contributed by atoms with Gasteiger partial charge in [0.1, 0.15) is 5.82 Å². The molecule has 0 bridgehead atoms. The van der Waals surface area contributed by atoms with Crippen molar-refractivity contribution in [3.63, 3.8) is 0 Å². The first-order valence-electron chi connectivity index (χ1n) is 7.45. The van der Waals surface area contributed by atoms with Gasteiger partial charge in [-0.2, -0.15) is 0 Å². The predicted molar refractivity (Wildman–Crippen MR) is 79.0 cm³/mol. The van der Waals surface area contributed by atoms with Crippen molar-refractivity contribution in [1.82, 2.24) is 4.90 Å². The molecule has 1 saturated heterocycles. The second-order valence-corrected chi connectivity index (χ2v) is 5.66. The Bertz CT molecular complexity index is 481. The van der Waals surface area contributed by atoms with Crippen molar-refractivity contribution in [3.05, 3.63) is 35.6 Å². The molecule has 0 saturated carbocycles. The largest absolute Gasteiger partial charge is 0.466 e. The Morgan fingerprint density at radius 2 is 2.19 bits per heavy atom. The molecule has 21 heavy (non-hydrogen) atoms. The molecule has 0 aliphatic carbocycles. The summed E-state index contributed by atoms with van der Waals surface area (Å²) in [7, 11) is 0. The number of hydrogen-bond acceptors (Lipinski definition) is 4. The molecule has 0 radical (unpaired) electrons. The minimum atomic E-state index is -0.196. The third kappa shape index (κ3) is 4.79. The monoisotopic (exact) mass is 294 g/mol. The van der Waals surface area contributed by atoms with Crippen LogP contribution in [-0.2, 0) is 16.1 Å². The highest BCUT2D eigenvalue weighted by Gasteiger charge is 2.27. The average Bonchev–Trinajstić information content (AvgIpc) is 2.41. The fraction of sp³-hybridized carbons (Fsp3) is 0.562. The van der Waals surface area contributed by atoms with E-state index in [9.17, 15) is 9.18 Å². The molecule has 1 aromatic carbocycles. The highest BCUT2D eigenvalue weighted by Crippen LogP contribution is 2.22. The van der Waals surface area contributed by atoms with Gasteiger partial charge in [0, 0.05) is 37.7 Å². The van der Waals surface area contributed by atoms with Gasteiger partial charge < -0.3 is 10.5 Å². The maximum Gasteiger partial charge on any atom is 0.306 e. The second-order valence-electron chi connectivity index (χ2n) is 5.66. The molecule has 1 aromatic rings. The van der Waals surface area contributed by atoms with E-state index >= 15 is 0 Å². The lowest BCUT2D eigenvalue weighted by molar-refractivity contribution is -0.144. The van der Waals surface area contributed by atoms with Gasteiger partial charge in [-0.1, -0.05) is 18.2 Å². The lowest BCUT2D eigenvalue weighted by Gasteiger charge is -2.36. The van der Waals surface area contributed by atoms with E-state index in [0.29, 0.717) is 25.1 Å². The van der Waals surface area contributed by atoms with Crippen LogP contribution in [0.25, 0.3) is 0 Å². The molecule has 2 rings (SSSR count). The molecule has 0 spiro atoms. The Balaban J connectivity index is 1.94. The molecule has 5 heteroatoms. The molecule has 2 N–H and O–H groups in total. The van der Waals surface area contributed by atoms with Gasteiger partial charge in [0.2, 0.25) is 0 Å². The van der Waals surface area contributed by atoms with Gasteiger partial charge in [-0.3, -0.25) is 9.69 Å². The molecule has 1 aliphatic rings. The summed E-state index contributed by atoms with van der Waals surface area (Å²) >= 11 is 0. The fourth-order valence-corrected chi connectivity index (χ4v) is 2.95. The van der Waals surface area contributed by atoms with Gasteiger partial charge >= 0.3 is 5.97 Å². The van der Waals surface area contributed by atoms with E-state index in [2.05, 4.69) is 4.90 Å². The molecule has 1 aliphatic heterocycles. The zero-order valence-corrected chi connectivity index (χ0v) is 12.4. The van der Waals surface area contributed by atoms with E-state index in [0.717, 1.165) is 19.5 Å². The Morgan fingerprint density at radius 1 is 1.43 bits per heavy atom. The van der Waals surface area contributed by atoms with E-state index in [1.807, 2.05) is 6.07 Å². The minimum Gasteiger partial charge on any atom is -0.466 e. The van der Waals surface area contributed by atoms with E-state index in [4.69, 9.17) is 10.5 Å². The number of likely N-dealkylation sites (tertiary alicyclic amines) is 1. The number of hydrogen-bond donors (Lipinski definition) is 1. The van der Waals surface area contributed by atoms with Gasteiger partial charge in [0.25, 0.3) is 0 Å². The smallest absolute Gasteiger partial charge is 0.306 e. The van der Waals surface area contributed by atoms with Crippen molar-refractivity contribution < 1.29 is 13.9 Å². The lowest BCUT2D eigenvalue weighted by atomic mass is 9.91. The topological polar surface area (TPSA) is 55.6 Å². The van der Waals surface area contributed by atoms with E-state index in [-0.39, 0.29) is 23.7 Å². The summed E-state index contributed by atoms with van der Waals surface area (Å²) in [4.78, 5) is 13.7. The Hall–Kier alpha value is -1.46. The summed E-state index contributed by atoms with van der Waals surface area (Å²) in [6, 6.07) is 6.79. The number of carbonyl (C=O) groups excluding carboxylic acids is 1. The summed E-state index contributed by atoms with van der Waals surface area (Å²) in [5.41, 5.74) is 6.74. The summed E-state index contributed by atoms with van der Waals surface area (Å²) in [6.07, 6.45) is 1.20. The Kier molecular flexibility index (Phi) is 5.70. The third-order valence-corrected chi connectivity index (χ3v) is 3.76. The zero-order chi connectivity index (χ0) is 15.2. The summed E-state index contributed by atoms with van der Waals surface area (Å²) in [6.45, 7) is 4.21. The second kappa shape index (κ2) is 7.52. The molecule has 2 atom stereocenters. The molecule has 4 nitrogen and oxygen atoms in total. The first kappa shape index (κ1) is 15.9. The molecule has 116 valence electrons. The van der Waals surface area contributed by atoms with Crippen molar-refractivity contribution in [3.8, 4) is 0 Å². The van der Waals surface area contributed by atoms with Gasteiger partial charge in [-0.25, -0.2) is 4.39 Å². The minimum absolute atomic E-state index is 0.0185. The van der Waals surface area contributed by atoms with Crippen LogP contribution < -0.4 is 5.73 Å². The molecular formula is C16H23FN2O2. The normalized spacial score (nSPS) is 23.0. The van der Waals surface area contributed by atoms with E-state index < -0.39 is 0 Å². The van der Waals surface area contributed by atoms with Crippen LogP contribution in [0, 0.1) is 11.7 Å². The molecule has 0 amide bonds. The maximum atomic E-state index is 13.7. The first-order valence-corrected chi connectivity index (χ1v) is 7.45. The van der Waals surface area contributed by atoms with Crippen LogP contribution in [0.5, 0.6) is 0 Å². The molecule has 1 fully saturated rings. The number of carbonyl (C=O) groups is 1. The van der Waals surface area contributed by atoms with Crippen LogP contribution >= 0.6 is 0 Å². The number of benzene rings is 1. The van der Waals surface area contributed by atoms with Crippen LogP contribution in [0.15, 0.2) is 24.3 Å². The highest BCUT2D eigenvalue weighted by molar-refractivity contribution is 5.69. The Labute approximate surface area is 125 Å². The van der Waals surface area contributed by atoms with Crippen molar-refractivity contribution in [2.45, 2.75) is 32.4 Å². The lowest BCUT2D eigenvalue weighted by Crippen LogP contribution is -2.47. The standard InChI is InChI=1S/C16H23FN2O2/c1-2-21-16(20)8-12-7-14(18)11-19(9-12)10-13-5-3-4-6-15(13)17/h3-6,12,14H,2,7-11,18H2,1H3. The van der Waals surface area contributed by atoms with Crippen LogP contribution in [0.2, 0.25) is 0 Å². The number of ether oxygens (including phenoxy) is 1. The highest BCUT2D eigenvalue weighted by atomic mass is 19.1. The number of rotatable bonds is 5. The zero-order valence-electron chi connectivity index (χ0n) is 12.4. The maximum absolute atomic E-state index is 13.7. The van der Waals surface area contributed by atoms with Crippen LogP contribution in [-0.4, -0.2) is 36.6 Å². The van der Waals surface area contributed by atoms with Gasteiger partial charge in [0.05, 0.1) is 6.61 Å². The van der Waals surface area contributed by atoms with E-state index in [1.54, 1.807) is 19.1 Å². The average molecular weight is 294 g/mol. The van der Waals surface area contributed by atoms with Crippen molar-refractivity contribution in [2.75, 3.05) is 19.7 Å². The Morgan fingerprint density at radius 3 is 2.90 bits per heavy atom. The van der Waals surface area contributed by atoms with Gasteiger partial charge in [-0.05, 0) is 25.3 Å². The SMILES string of the molecule is CCOC(=O)CC1CC(N)CN(Cc2ccccc2F)C1. The number of piperidine rings is 1. The molecule has 1 heterocycles. The summed E-state index contributed by atoms with van der Waals surface area (Å²) in [5.74, 6) is -0.194. The van der Waals surface area contributed by atoms with E-state index in [1.165, 1.54) is 6.07 Å². The quantitative estimate of drug-likeness (QED) is 0.843. The van der Waals surface area contributed by atoms with Gasteiger partial charge in [-0.15, -0.1) is 0 Å². The predicted octanol–water partition coefficient (Wildman–Crippen LogP) is 1.93. The number of esters is 1. The third-order valence-electron chi connectivity index (χ3n) is 3.76. The van der Waals surface area contributed by atoms with Crippen LogP contribution in [0.4, 0.5) is 4.39 Å². The van der Waals surface area contributed by atoms with Crippen molar-refractivity contribution in [1.29, 1.82) is 0 Å². The summed E-state index contributed by atoms with van der Waals surface area (Å²) in [5, 5.41) is 0. The van der Waals surface area contributed by atoms with Crippen LogP contribution in [0.1, 0.15) is 25.3 Å².